The first-order valence-corrected chi connectivity index (χ1v) is 5.91. The van der Waals surface area contributed by atoms with E-state index in [0.717, 1.165) is 6.07 Å². The highest BCUT2D eigenvalue weighted by atomic mass is 19.4. The number of halogens is 3. The largest absolute Gasteiger partial charge is 0.455 e. The Balaban J connectivity index is 2.09. The molecule has 1 aliphatic carbocycles. The number of alkyl halides is 3. The molecule has 1 amide bonds. The van der Waals surface area contributed by atoms with Gasteiger partial charge in [0.1, 0.15) is 0 Å². The Morgan fingerprint density at radius 2 is 1.95 bits per heavy atom. The number of primary amides is 1. The Hall–Kier alpha value is -2.05. The molecule has 1 aromatic rings. The molecular weight excluding hydrogens is 275 g/mol. The van der Waals surface area contributed by atoms with Crippen LogP contribution >= 0.6 is 0 Å². The zero-order valence-corrected chi connectivity index (χ0v) is 10.3. The maximum atomic E-state index is 12.8. The van der Waals surface area contributed by atoms with Crippen molar-refractivity contribution in [3.8, 4) is 0 Å². The van der Waals surface area contributed by atoms with Crippen LogP contribution in [-0.2, 0) is 20.5 Å². The molecule has 0 spiro atoms. The van der Waals surface area contributed by atoms with Crippen LogP contribution in [0.1, 0.15) is 23.5 Å². The second-order valence-corrected chi connectivity index (χ2v) is 4.61. The van der Waals surface area contributed by atoms with Gasteiger partial charge in [-0.2, -0.15) is 13.2 Å². The molecule has 4 nitrogen and oxygen atoms in total. The lowest BCUT2D eigenvalue weighted by Crippen LogP contribution is -2.21. The van der Waals surface area contributed by atoms with Crippen LogP contribution in [0, 0.1) is 5.92 Å². The van der Waals surface area contributed by atoms with E-state index in [-0.39, 0.29) is 12.0 Å². The molecule has 2 rings (SSSR count). The SMILES string of the molecule is NC(=O)COC(=O)[C@H]1C[C@H]1c1ccccc1C(F)(F)F. The summed E-state index contributed by atoms with van der Waals surface area (Å²) in [5.74, 6) is -2.65. The molecule has 20 heavy (non-hydrogen) atoms. The number of nitrogens with two attached hydrogens (primary N) is 1. The molecule has 1 aliphatic rings. The van der Waals surface area contributed by atoms with E-state index >= 15 is 0 Å². The number of esters is 1. The van der Waals surface area contributed by atoms with Crippen molar-refractivity contribution in [2.24, 2.45) is 11.7 Å². The maximum absolute atomic E-state index is 12.8. The summed E-state index contributed by atoms with van der Waals surface area (Å²) in [5.41, 5.74) is 4.17. The minimum atomic E-state index is -4.46. The van der Waals surface area contributed by atoms with Crippen LogP contribution in [0.4, 0.5) is 13.2 Å². The van der Waals surface area contributed by atoms with E-state index in [0.29, 0.717) is 0 Å². The van der Waals surface area contributed by atoms with Gasteiger partial charge in [-0.25, -0.2) is 0 Å². The molecule has 2 atom stereocenters. The summed E-state index contributed by atoms with van der Waals surface area (Å²) >= 11 is 0. The van der Waals surface area contributed by atoms with Gasteiger partial charge in [0.25, 0.3) is 5.91 Å². The average Bonchev–Trinajstić information content (AvgIpc) is 3.15. The first-order chi connectivity index (χ1) is 9.30. The third-order valence-corrected chi connectivity index (χ3v) is 3.12. The van der Waals surface area contributed by atoms with Crippen molar-refractivity contribution in [1.82, 2.24) is 0 Å². The van der Waals surface area contributed by atoms with Crippen molar-refractivity contribution >= 4 is 11.9 Å². The van der Waals surface area contributed by atoms with Crippen molar-refractivity contribution in [3.05, 3.63) is 35.4 Å². The van der Waals surface area contributed by atoms with E-state index in [9.17, 15) is 22.8 Å². The topological polar surface area (TPSA) is 69.4 Å². The van der Waals surface area contributed by atoms with Crippen molar-refractivity contribution < 1.29 is 27.5 Å². The van der Waals surface area contributed by atoms with Crippen LogP contribution < -0.4 is 5.73 Å². The summed E-state index contributed by atoms with van der Waals surface area (Å²) in [6.07, 6.45) is -4.18. The summed E-state index contributed by atoms with van der Waals surface area (Å²) in [7, 11) is 0. The lowest BCUT2D eigenvalue weighted by Gasteiger charge is -2.12. The molecule has 0 aromatic heterocycles. The Labute approximate surface area is 112 Å². The first kappa shape index (κ1) is 14.4. The van der Waals surface area contributed by atoms with E-state index in [2.05, 4.69) is 4.74 Å². The van der Waals surface area contributed by atoms with E-state index in [1.807, 2.05) is 0 Å². The quantitative estimate of drug-likeness (QED) is 0.859. The number of hydrogen-bond acceptors (Lipinski definition) is 3. The third-order valence-electron chi connectivity index (χ3n) is 3.12. The van der Waals surface area contributed by atoms with Crippen LogP contribution in [0.15, 0.2) is 24.3 Å². The van der Waals surface area contributed by atoms with Crippen LogP contribution in [0.2, 0.25) is 0 Å². The minimum absolute atomic E-state index is 0.0843. The molecule has 0 aliphatic heterocycles. The molecular formula is C13H12F3NO3. The Morgan fingerprint density at radius 1 is 1.30 bits per heavy atom. The van der Waals surface area contributed by atoms with Gasteiger partial charge >= 0.3 is 12.1 Å². The molecule has 0 unspecified atom stereocenters. The van der Waals surface area contributed by atoms with E-state index in [1.54, 1.807) is 0 Å². The summed E-state index contributed by atoms with van der Waals surface area (Å²) in [4.78, 5) is 22.0. The summed E-state index contributed by atoms with van der Waals surface area (Å²) in [6, 6.07) is 5.14. The number of benzene rings is 1. The second-order valence-electron chi connectivity index (χ2n) is 4.61. The highest BCUT2D eigenvalue weighted by Crippen LogP contribution is 2.51. The van der Waals surface area contributed by atoms with Crippen LogP contribution in [-0.4, -0.2) is 18.5 Å². The van der Waals surface area contributed by atoms with E-state index in [1.165, 1.54) is 18.2 Å². The molecule has 0 heterocycles. The first-order valence-electron chi connectivity index (χ1n) is 5.91. The molecule has 108 valence electrons. The van der Waals surface area contributed by atoms with Gasteiger partial charge in [-0.1, -0.05) is 18.2 Å². The zero-order chi connectivity index (χ0) is 14.9. The zero-order valence-electron chi connectivity index (χ0n) is 10.3. The Bertz CT molecular complexity index is 542. The number of carbonyl (C=O) groups excluding carboxylic acids is 2. The van der Waals surface area contributed by atoms with Crippen LogP contribution in [0.5, 0.6) is 0 Å². The van der Waals surface area contributed by atoms with Gasteiger partial charge in [0.2, 0.25) is 0 Å². The molecule has 0 radical (unpaired) electrons. The van der Waals surface area contributed by atoms with E-state index in [4.69, 9.17) is 5.73 Å². The van der Waals surface area contributed by atoms with Gasteiger partial charge in [0, 0.05) is 0 Å². The average molecular weight is 287 g/mol. The normalized spacial score (nSPS) is 21.4. The molecule has 2 N–H and O–H groups in total. The molecule has 1 aromatic carbocycles. The van der Waals surface area contributed by atoms with Crippen molar-refractivity contribution in [2.75, 3.05) is 6.61 Å². The fourth-order valence-electron chi connectivity index (χ4n) is 2.13. The number of hydrogen-bond donors (Lipinski definition) is 1. The number of rotatable bonds is 4. The van der Waals surface area contributed by atoms with Gasteiger partial charge in [0.05, 0.1) is 11.5 Å². The van der Waals surface area contributed by atoms with Crippen molar-refractivity contribution in [2.45, 2.75) is 18.5 Å². The van der Waals surface area contributed by atoms with Crippen molar-refractivity contribution in [1.29, 1.82) is 0 Å². The standard InChI is InChI=1S/C13H12F3NO3/c14-13(15,16)10-4-2-1-3-7(10)8-5-9(8)12(19)20-6-11(17)18/h1-4,8-9H,5-6H2,(H2,17,18)/t8-,9-/m0/s1. The highest BCUT2D eigenvalue weighted by molar-refractivity contribution is 5.82. The van der Waals surface area contributed by atoms with Gasteiger partial charge in [-0.3, -0.25) is 9.59 Å². The van der Waals surface area contributed by atoms with Crippen LogP contribution in [0.25, 0.3) is 0 Å². The molecule has 7 heteroatoms. The van der Waals surface area contributed by atoms with Gasteiger partial charge in [-0.05, 0) is 24.0 Å². The fourth-order valence-corrected chi connectivity index (χ4v) is 2.13. The number of carbonyl (C=O) groups is 2. The van der Waals surface area contributed by atoms with Gasteiger partial charge in [0.15, 0.2) is 6.61 Å². The Kier molecular flexibility index (Phi) is 3.69. The lowest BCUT2D eigenvalue weighted by atomic mass is 10.0. The molecule has 1 saturated carbocycles. The second kappa shape index (κ2) is 5.15. The van der Waals surface area contributed by atoms with Crippen LogP contribution in [0.3, 0.4) is 0 Å². The summed E-state index contributed by atoms with van der Waals surface area (Å²) in [5, 5.41) is 0. The fraction of sp³-hybridized carbons (Fsp3) is 0.385. The molecule has 0 saturated heterocycles. The van der Waals surface area contributed by atoms with E-state index < -0.39 is 42.1 Å². The van der Waals surface area contributed by atoms with Crippen molar-refractivity contribution in [3.63, 3.8) is 0 Å². The summed E-state index contributed by atoms with van der Waals surface area (Å²) in [6.45, 7) is -0.553. The highest BCUT2D eigenvalue weighted by Gasteiger charge is 2.48. The van der Waals surface area contributed by atoms with Gasteiger partial charge < -0.3 is 10.5 Å². The molecule has 1 fully saturated rings. The predicted molar refractivity (Wildman–Crippen MR) is 62.4 cm³/mol. The maximum Gasteiger partial charge on any atom is 0.416 e. The monoisotopic (exact) mass is 287 g/mol. The number of ether oxygens (including phenoxy) is 1. The molecule has 0 bridgehead atoms. The lowest BCUT2D eigenvalue weighted by molar-refractivity contribution is -0.149. The minimum Gasteiger partial charge on any atom is -0.455 e. The third kappa shape index (κ3) is 3.09. The van der Waals surface area contributed by atoms with Gasteiger partial charge in [-0.15, -0.1) is 0 Å². The number of amides is 1. The Morgan fingerprint density at radius 3 is 2.55 bits per heavy atom. The smallest absolute Gasteiger partial charge is 0.416 e. The predicted octanol–water partition coefficient (Wildman–Crippen LogP) is 1.84. The summed E-state index contributed by atoms with van der Waals surface area (Å²) < 4.78 is 43.1.